The Labute approximate surface area is 648 Å². The fraction of sp³-hybridized carbons (Fsp3) is 1.00. The van der Waals surface area contributed by atoms with Crippen LogP contribution in [0.4, 0.5) is 0 Å². The summed E-state index contributed by atoms with van der Waals surface area (Å²) in [4.78, 5) is 0. The van der Waals surface area contributed by atoms with Crippen molar-refractivity contribution in [1.29, 1.82) is 0 Å². The Morgan fingerprint density at radius 3 is 0.216 bits per heavy atom. The first-order valence-electron chi connectivity index (χ1n) is 50.1. The van der Waals surface area contributed by atoms with Crippen LogP contribution in [0.2, 0.25) is 0 Å². The van der Waals surface area contributed by atoms with E-state index in [1.807, 2.05) is 0 Å². The summed E-state index contributed by atoms with van der Waals surface area (Å²) in [6.07, 6.45) is 142. The van der Waals surface area contributed by atoms with Gasteiger partial charge in [0.15, 0.2) is 6.29 Å². The molecule has 0 aromatic rings. The highest BCUT2D eigenvalue weighted by Gasteiger charge is 2.04. The van der Waals surface area contributed by atoms with Crippen molar-refractivity contribution in [2.75, 3.05) is 0 Å². The van der Waals surface area contributed by atoms with E-state index >= 15 is 0 Å². The normalized spacial score (nSPS) is 11.9. The lowest BCUT2D eigenvalue weighted by molar-refractivity contribution is -0.0466. The van der Waals surface area contributed by atoms with Crippen molar-refractivity contribution in [1.82, 2.24) is 0 Å². The third-order valence-corrected chi connectivity index (χ3v) is 24.6. The zero-order chi connectivity index (χ0) is 72.9. The molecular formula is C100H202O2. The molecule has 2 heteroatoms. The van der Waals surface area contributed by atoms with Crippen LogP contribution in [0.3, 0.4) is 0 Å². The molecule has 2 nitrogen and oxygen atoms in total. The Hall–Kier alpha value is -0.0800. The van der Waals surface area contributed by atoms with Gasteiger partial charge < -0.3 is 10.2 Å². The van der Waals surface area contributed by atoms with Crippen LogP contribution >= 0.6 is 0 Å². The quantitative estimate of drug-likeness (QED) is 0.0471. The van der Waals surface area contributed by atoms with Crippen molar-refractivity contribution in [3.63, 3.8) is 0 Å². The highest BCUT2D eigenvalue weighted by molar-refractivity contribution is 4.60. The minimum absolute atomic E-state index is 0.542. The van der Waals surface area contributed by atoms with Crippen LogP contribution in [0.1, 0.15) is 636 Å². The zero-order valence-corrected chi connectivity index (χ0v) is 71.8. The lowest BCUT2D eigenvalue weighted by Gasteiger charge is -2.05. The molecule has 102 heavy (non-hydrogen) atoms. The Morgan fingerprint density at radius 2 is 0.157 bits per heavy atom. The molecule has 0 unspecified atom stereocenters. The Morgan fingerprint density at radius 1 is 0.0980 bits per heavy atom. The van der Waals surface area contributed by atoms with Gasteiger partial charge in [-0.3, -0.25) is 0 Å². The van der Waals surface area contributed by atoms with Crippen molar-refractivity contribution < 1.29 is 10.2 Å². The molecule has 0 aliphatic carbocycles. The third-order valence-electron chi connectivity index (χ3n) is 24.6. The van der Waals surface area contributed by atoms with E-state index in [9.17, 15) is 0 Å². The van der Waals surface area contributed by atoms with Crippen molar-refractivity contribution in [3.8, 4) is 0 Å². The third kappa shape index (κ3) is 99.9. The molecule has 0 atom stereocenters. The Kier molecular flexibility index (Phi) is 98.9. The smallest absolute Gasteiger partial charge is 0.151 e. The standard InChI is InChI=1S/C100H202O2/c1-2-3-4-5-6-7-8-9-10-11-12-13-14-15-16-17-18-19-20-21-22-23-24-25-26-27-28-29-30-31-32-33-34-35-36-37-38-39-40-41-42-43-44-45-46-47-48-49-50-51-52-53-54-55-56-57-58-59-60-61-62-63-64-65-66-67-68-69-70-71-72-73-74-75-76-77-78-79-80-81-82-83-84-85-86-87-88-89-90-91-92-93-94-95-96-97-98-99-100(101)102/h100-102H,2-99H2,1H3. The Balaban J connectivity index is 3.09. The molecule has 0 spiro atoms. The summed E-state index contributed by atoms with van der Waals surface area (Å²) in [5, 5.41) is 17.8. The highest BCUT2D eigenvalue weighted by atomic mass is 16.5. The number of aliphatic hydroxyl groups excluding tert-OH is 1. The van der Waals surface area contributed by atoms with E-state index in [0.717, 1.165) is 12.8 Å². The van der Waals surface area contributed by atoms with Gasteiger partial charge in [0, 0.05) is 0 Å². The van der Waals surface area contributed by atoms with E-state index in [4.69, 9.17) is 10.2 Å². The van der Waals surface area contributed by atoms with E-state index in [1.54, 1.807) is 0 Å². The number of unbranched alkanes of at least 4 members (excludes halogenated alkanes) is 96. The summed E-state index contributed by atoms with van der Waals surface area (Å²) in [6.45, 7) is 2.32. The molecule has 0 saturated heterocycles. The fourth-order valence-electron chi connectivity index (χ4n) is 17.2. The average Bonchev–Trinajstić information content (AvgIpc) is 3.66. The van der Waals surface area contributed by atoms with Gasteiger partial charge in [-0.25, -0.2) is 0 Å². The molecule has 0 heterocycles. The largest absolute Gasteiger partial charge is 0.368 e. The maximum atomic E-state index is 8.90. The molecule has 614 valence electrons. The molecule has 0 aliphatic rings. The first-order chi connectivity index (χ1) is 50.8. The van der Waals surface area contributed by atoms with E-state index in [1.165, 1.54) is 610 Å². The van der Waals surface area contributed by atoms with Crippen molar-refractivity contribution in [2.24, 2.45) is 0 Å². The van der Waals surface area contributed by atoms with Gasteiger partial charge in [-0.05, 0) is 12.8 Å². The number of hydrogen-bond acceptors (Lipinski definition) is 2. The van der Waals surface area contributed by atoms with E-state index in [2.05, 4.69) is 6.92 Å². The van der Waals surface area contributed by atoms with Gasteiger partial charge in [0.25, 0.3) is 0 Å². The summed E-state index contributed by atoms with van der Waals surface area (Å²) in [5.74, 6) is 0. The van der Waals surface area contributed by atoms with Crippen LogP contribution in [0.15, 0.2) is 0 Å². The number of rotatable bonds is 98. The minimum atomic E-state index is -1.11. The zero-order valence-electron chi connectivity index (χ0n) is 71.8. The molecule has 0 bridgehead atoms. The van der Waals surface area contributed by atoms with Crippen LogP contribution in [0.5, 0.6) is 0 Å². The molecular weight excluding hydrogens is 1230 g/mol. The summed E-state index contributed by atoms with van der Waals surface area (Å²) >= 11 is 0. The van der Waals surface area contributed by atoms with E-state index in [-0.39, 0.29) is 0 Å². The van der Waals surface area contributed by atoms with E-state index in [0.29, 0.717) is 6.42 Å². The molecule has 0 rings (SSSR count). The van der Waals surface area contributed by atoms with Crippen LogP contribution in [0.25, 0.3) is 0 Å². The monoisotopic (exact) mass is 1440 g/mol. The van der Waals surface area contributed by atoms with Crippen LogP contribution < -0.4 is 0 Å². The predicted molar refractivity (Wildman–Crippen MR) is 466 cm³/mol. The van der Waals surface area contributed by atoms with Gasteiger partial charge in [0.1, 0.15) is 0 Å². The molecule has 0 amide bonds. The number of hydrogen-bond donors (Lipinski definition) is 2. The topological polar surface area (TPSA) is 40.5 Å². The first-order valence-corrected chi connectivity index (χ1v) is 50.1. The van der Waals surface area contributed by atoms with Crippen LogP contribution in [0, 0.1) is 0 Å². The molecule has 0 aromatic heterocycles. The van der Waals surface area contributed by atoms with Crippen LogP contribution in [-0.4, -0.2) is 16.5 Å². The van der Waals surface area contributed by atoms with Gasteiger partial charge >= 0.3 is 0 Å². The van der Waals surface area contributed by atoms with Gasteiger partial charge in [-0.2, -0.15) is 0 Å². The maximum Gasteiger partial charge on any atom is 0.151 e. The molecule has 0 radical (unpaired) electrons. The van der Waals surface area contributed by atoms with Crippen molar-refractivity contribution in [3.05, 3.63) is 0 Å². The molecule has 0 saturated carbocycles. The van der Waals surface area contributed by atoms with Crippen LogP contribution in [-0.2, 0) is 0 Å². The lowest BCUT2D eigenvalue weighted by Crippen LogP contribution is -2.02. The second kappa shape index (κ2) is 98.9. The first kappa shape index (κ1) is 102. The number of aliphatic hydroxyl groups is 2. The summed E-state index contributed by atoms with van der Waals surface area (Å²) in [6, 6.07) is 0. The molecule has 2 N–H and O–H groups in total. The van der Waals surface area contributed by atoms with Gasteiger partial charge in [-0.15, -0.1) is 0 Å². The van der Waals surface area contributed by atoms with E-state index < -0.39 is 6.29 Å². The van der Waals surface area contributed by atoms with Crippen molar-refractivity contribution in [2.45, 2.75) is 642 Å². The van der Waals surface area contributed by atoms with Gasteiger partial charge in [0.2, 0.25) is 0 Å². The second-order valence-electron chi connectivity index (χ2n) is 35.2. The molecule has 0 aromatic carbocycles. The van der Waals surface area contributed by atoms with Crippen molar-refractivity contribution >= 4 is 0 Å². The van der Waals surface area contributed by atoms with Gasteiger partial charge in [-0.1, -0.05) is 623 Å². The van der Waals surface area contributed by atoms with Gasteiger partial charge in [0.05, 0.1) is 0 Å². The molecule has 0 aliphatic heterocycles. The second-order valence-corrected chi connectivity index (χ2v) is 35.2. The average molecular weight is 1440 g/mol. The molecule has 0 fully saturated rings. The maximum absolute atomic E-state index is 8.90. The SMILES string of the molecule is CCCCCCCCCCCCCCCCCCCCCCCCCCCCCCCCCCCCCCCCCCCCCCCCCCCCCCCCCCCCCCCCCCCCCCCCCCCCCCCCCCCCCCCCCCCCCCCCCCCC(O)O. The highest BCUT2D eigenvalue weighted by Crippen LogP contribution is 2.24. The fourth-order valence-corrected chi connectivity index (χ4v) is 17.2. The summed E-state index contributed by atoms with van der Waals surface area (Å²) in [5.41, 5.74) is 0. The minimum Gasteiger partial charge on any atom is -0.368 e. The lowest BCUT2D eigenvalue weighted by atomic mass is 10.0. The summed E-state index contributed by atoms with van der Waals surface area (Å²) in [7, 11) is 0. The Bertz CT molecular complexity index is 1360. The summed E-state index contributed by atoms with van der Waals surface area (Å²) < 4.78 is 0. The predicted octanol–water partition coefficient (Wildman–Crippen LogP) is 37.5.